The van der Waals surface area contributed by atoms with Crippen molar-refractivity contribution < 1.29 is 19.1 Å². The van der Waals surface area contributed by atoms with Gasteiger partial charge in [0.2, 0.25) is 0 Å². The van der Waals surface area contributed by atoms with Gasteiger partial charge in [0.1, 0.15) is 6.10 Å². The predicted molar refractivity (Wildman–Crippen MR) is 121 cm³/mol. The number of ether oxygens (including phenoxy) is 2. The van der Waals surface area contributed by atoms with Crippen molar-refractivity contribution >= 4 is 11.9 Å². The third kappa shape index (κ3) is 4.06. The first-order valence-corrected chi connectivity index (χ1v) is 12.9. The van der Waals surface area contributed by atoms with E-state index in [2.05, 4.69) is 20.8 Å². The summed E-state index contributed by atoms with van der Waals surface area (Å²) in [4.78, 5) is 23.2. The number of hydrogen-bond acceptors (Lipinski definition) is 4. The van der Waals surface area contributed by atoms with Crippen molar-refractivity contribution in [3.8, 4) is 0 Å². The van der Waals surface area contributed by atoms with Gasteiger partial charge in [-0.05, 0) is 111 Å². The summed E-state index contributed by atoms with van der Waals surface area (Å²) in [7, 11) is 1.50. The van der Waals surface area contributed by atoms with Crippen LogP contribution in [0.5, 0.6) is 0 Å². The van der Waals surface area contributed by atoms with E-state index < -0.39 is 0 Å². The molecule has 0 aromatic heterocycles. The maximum Gasteiger partial charge on any atom is 0.305 e. The fourth-order valence-corrected chi connectivity index (χ4v) is 9.18. The molecule has 4 fully saturated rings. The zero-order valence-corrected chi connectivity index (χ0v) is 20.5. The molecule has 4 saturated carbocycles. The Labute approximate surface area is 189 Å². The molecule has 4 heteroatoms. The lowest BCUT2D eigenvalue weighted by Crippen LogP contribution is -2.54. The molecule has 0 amide bonds. The van der Waals surface area contributed by atoms with Crippen LogP contribution in [0.4, 0.5) is 0 Å². The summed E-state index contributed by atoms with van der Waals surface area (Å²) >= 11 is 0. The summed E-state index contributed by atoms with van der Waals surface area (Å²) in [6.45, 7) is 9.09. The smallest absolute Gasteiger partial charge is 0.305 e. The molecule has 0 N–H and O–H groups in total. The zero-order valence-electron chi connectivity index (χ0n) is 20.5. The van der Waals surface area contributed by atoms with Gasteiger partial charge in [-0.1, -0.05) is 20.8 Å². The Morgan fingerprint density at radius 3 is 2.39 bits per heavy atom. The molecule has 0 radical (unpaired) electrons. The van der Waals surface area contributed by atoms with E-state index in [0.717, 1.165) is 42.9 Å². The Balaban J connectivity index is 1.45. The van der Waals surface area contributed by atoms with E-state index in [1.807, 2.05) is 0 Å². The third-order valence-electron chi connectivity index (χ3n) is 10.7. The normalized spacial score (nSPS) is 45.1. The topological polar surface area (TPSA) is 52.6 Å². The fourth-order valence-electron chi connectivity index (χ4n) is 9.18. The lowest BCUT2D eigenvalue weighted by atomic mass is 9.44. The van der Waals surface area contributed by atoms with Gasteiger partial charge >= 0.3 is 11.9 Å². The SMILES string of the molecule is COC(=O)CC[C@@H](C)[C@H]1CCC2C3CCC4C[C@H](OC(C)=O)CC[C@]4(C)C3CC[C@@]21C. The molecule has 0 saturated heterocycles. The van der Waals surface area contributed by atoms with Crippen molar-refractivity contribution in [2.75, 3.05) is 7.11 Å². The van der Waals surface area contributed by atoms with Crippen LogP contribution in [-0.4, -0.2) is 25.2 Å². The maximum absolute atomic E-state index is 11.7. The molecule has 4 aliphatic carbocycles. The highest BCUT2D eigenvalue weighted by molar-refractivity contribution is 5.69. The second-order valence-corrected chi connectivity index (χ2v) is 12.0. The first-order chi connectivity index (χ1) is 14.7. The first-order valence-electron chi connectivity index (χ1n) is 12.9. The van der Waals surface area contributed by atoms with Crippen molar-refractivity contribution in [3.63, 3.8) is 0 Å². The van der Waals surface area contributed by atoms with Crippen LogP contribution in [0.15, 0.2) is 0 Å². The Morgan fingerprint density at radius 1 is 0.968 bits per heavy atom. The third-order valence-corrected chi connectivity index (χ3v) is 10.7. The van der Waals surface area contributed by atoms with E-state index in [0.29, 0.717) is 29.1 Å². The molecule has 0 aliphatic heterocycles. The number of esters is 2. The van der Waals surface area contributed by atoms with Crippen LogP contribution in [-0.2, 0) is 19.1 Å². The van der Waals surface area contributed by atoms with E-state index in [9.17, 15) is 9.59 Å². The van der Waals surface area contributed by atoms with Gasteiger partial charge in [0.25, 0.3) is 0 Å². The summed E-state index contributed by atoms with van der Waals surface area (Å²) in [6, 6.07) is 0. The van der Waals surface area contributed by atoms with Crippen molar-refractivity contribution in [1.82, 2.24) is 0 Å². The molecule has 0 aromatic carbocycles. The zero-order chi connectivity index (χ0) is 22.4. The van der Waals surface area contributed by atoms with Crippen LogP contribution in [0.25, 0.3) is 0 Å². The van der Waals surface area contributed by atoms with Crippen LogP contribution in [0.1, 0.15) is 98.3 Å². The number of rotatable bonds is 5. The van der Waals surface area contributed by atoms with Gasteiger partial charge < -0.3 is 9.47 Å². The van der Waals surface area contributed by atoms with Crippen LogP contribution in [0.3, 0.4) is 0 Å². The number of carbonyl (C=O) groups excluding carboxylic acids is 2. The number of methoxy groups -OCH3 is 1. The Hall–Kier alpha value is -1.06. The van der Waals surface area contributed by atoms with E-state index in [1.54, 1.807) is 6.92 Å². The molecule has 0 heterocycles. The number of hydrogen-bond donors (Lipinski definition) is 0. The van der Waals surface area contributed by atoms with Gasteiger partial charge in [-0.3, -0.25) is 9.59 Å². The minimum Gasteiger partial charge on any atom is -0.469 e. The van der Waals surface area contributed by atoms with Gasteiger partial charge in [-0.25, -0.2) is 0 Å². The average Bonchev–Trinajstić information content (AvgIpc) is 3.09. The maximum atomic E-state index is 11.7. The van der Waals surface area contributed by atoms with Gasteiger partial charge in [-0.2, -0.15) is 0 Å². The molecule has 0 aromatic rings. The van der Waals surface area contributed by atoms with Gasteiger partial charge in [-0.15, -0.1) is 0 Å². The first kappa shape index (κ1) is 23.1. The molecule has 0 bridgehead atoms. The van der Waals surface area contributed by atoms with Crippen LogP contribution < -0.4 is 0 Å². The molecular formula is C27H44O4. The molecule has 176 valence electrons. The van der Waals surface area contributed by atoms with Crippen molar-refractivity contribution in [2.45, 2.75) is 104 Å². The molecule has 4 aliphatic rings. The van der Waals surface area contributed by atoms with E-state index in [1.165, 1.54) is 52.1 Å². The van der Waals surface area contributed by atoms with Crippen LogP contribution in [0, 0.1) is 46.3 Å². The highest BCUT2D eigenvalue weighted by Gasteiger charge is 2.60. The minimum atomic E-state index is -0.117. The summed E-state index contributed by atoms with van der Waals surface area (Å²) in [5, 5.41) is 0. The average molecular weight is 433 g/mol. The number of fused-ring (bicyclic) bond motifs is 5. The minimum absolute atomic E-state index is 0.0640. The lowest BCUT2D eigenvalue weighted by molar-refractivity contribution is -0.160. The summed E-state index contributed by atoms with van der Waals surface area (Å²) in [6.07, 6.45) is 13.1. The van der Waals surface area contributed by atoms with E-state index >= 15 is 0 Å². The summed E-state index contributed by atoms with van der Waals surface area (Å²) < 4.78 is 10.5. The van der Waals surface area contributed by atoms with Crippen molar-refractivity contribution in [2.24, 2.45) is 46.3 Å². The summed E-state index contributed by atoms with van der Waals surface area (Å²) in [5.41, 5.74) is 0.865. The summed E-state index contributed by atoms with van der Waals surface area (Å²) in [5.74, 6) is 4.42. The molecular weight excluding hydrogens is 388 g/mol. The lowest BCUT2D eigenvalue weighted by Gasteiger charge is -2.61. The Morgan fingerprint density at radius 2 is 1.68 bits per heavy atom. The van der Waals surface area contributed by atoms with Crippen molar-refractivity contribution in [1.29, 1.82) is 0 Å². The highest BCUT2D eigenvalue weighted by atomic mass is 16.5. The standard InChI is InChI=1S/C27H44O4/c1-17(6-11-25(29)30-5)22-9-10-23-21-8-7-19-16-20(31-18(2)28)12-14-26(19,3)24(21)13-15-27(22,23)4/h17,19-24H,6-16H2,1-5H3/t17-,19?,20-,21?,22-,23?,24?,26+,27-/m1/s1. The van der Waals surface area contributed by atoms with Gasteiger partial charge in [0, 0.05) is 13.3 Å². The Kier molecular flexibility index (Phi) is 6.49. The van der Waals surface area contributed by atoms with E-state index in [-0.39, 0.29) is 18.0 Å². The molecule has 9 atom stereocenters. The molecule has 4 rings (SSSR count). The van der Waals surface area contributed by atoms with Gasteiger partial charge in [0.15, 0.2) is 0 Å². The predicted octanol–water partition coefficient (Wildman–Crippen LogP) is 6.17. The number of carbonyl (C=O) groups is 2. The molecule has 4 unspecified atom stereocenters. The molecule has 4 nitrogen and oxygen atoms in total. The van der Waals surface area contributed by atoms with Crippen molar-refractivity contribution in [3.05, 3.63) is 0 Å². The van der Waals surface area contributed by atoms with Crippen LogP contribution >= 0.6 is 0 Å². The quantitative estimate of drug-likeness (QED) is 0.488. The fraction of sp³-hybridized carbons (Fsp3) is 0.926. The monoisotopic (exact) mass is 432 g/mol. The van der Waals surface area contributed by atoms with E-state index in [4.69, 9.17) is 9.47 Å². The second kappa shape index (κ2) is 8.71. The largest absolute Gasteiger partial charge is 0.469 e. The molecule has 0 spiro atoms. The van der Waals surface area contributed by atoms with Crippen LogP contribution in [0.2, 0.25) is 0 Å². The Bertz CT molecular complexity index is 689. The highest BCUT2D eigenvalue weighted by Crippen LogP contribution is 2.68. The van der Waals surface area contributed by atoms with Gasteiger partial charge in [0.05, 0.1) is 7.11 Å². The molecule has 31 heavy (non-hydrogen) atoms. The second-order valence-electron chi connectivity index (χ2n) is 12.0.